The lowest BCUT2D eigenvalue weighted by molar-refractivity contribution is -0.0655. The maximum absolute atomic E-state index is 11.8. The van der Waals surface area contributed by atoms with Crippen LogP contribution in [0.3, 0.4) is 0 Å². The van der Waals surface area contributed by atoms with Crippen LogP contribution in [0, 0.1) is 37.5 Å². The first-order valence-electron chi connectivity index (χ1n) is 26.6. The molecule has 0 radical (unpaired) electrons. The zero-order valence-electron chi connectivity index (χ0n) is 43.8. The number of nitrogens with one attached hydrogen (secondary N) is 3. The van der Waals surface area contributed by atoms with Crippen molar-refractivity contribution < 1.29 is 25.5 Å². The summed E-state index contributed by atoms with van der Waals surface area (Å²) in [5.41, 5.74) is 9.03. The molecule has 3 aromatic carbocycles. The van der Waals surface area contributed by atoms with E-state index in [0.717, 1.165) is 47.5 Å². The van der Waals surface area contributed by atoms with Crippen molar-refractivity contribution in [1.29, 1.82) is 0 Å². The van der Waals surface area contributed by atoms with Gasteiger partial charge in [-0.3, -0.25) is 25.8 Å². The van der Waals surface area contributed by atoms with Crippen LogP contribution >= 0.6 is 23.5 Å². The molecule has 70 heavy (non-hydrogen) atoms. The first kappa shape index (κ1) is 57.2. The van der Waals surface area contributed by atoms with Gasteiger partial charge in [0.25, 0.3) is 0 Å². The number of aryl methyl sites for hydroxylation is 1. The molecule has 10 N–H and O–H groups in total. The second-order valence-electron chi connectivity index (χ2n) is 23.3. The fraction of sp³-hybridized carbons (Fsp3) is 0.684. The normalized spacial score (nSPS) is 26.6. The minimum atomic E-state index is -0.885. The minimum Gasteiger partial charge on any atom is -0.390 e. The third-order valence-corrected chi connectivity index (χ3v) is 17.7. The third kappa shape index (κ3) is 17.5. The van der Waals surface area contributed by atoms with Gasteiger partial charge in [-0.1, -0.05) is 93.1 Å². The van der Waals surface area contributed by atoms with Gasteiger partial charge >= 0.3 is 0 Å². The first-order valence-corrected chi connectivity index (χ1v) is 28.6. The average molecular weight is 1010 g/mol. The quantitative estimate of drug-likeness (QED) is 0.0418. The monoisotopic (exact) mass is 1000 g/mol. The molecule has 392 valence electrons. The maximum atomic E-state index is 11.8. The van der Waals surface area contributed by atoms with Crippen molar-refractivity contribution in [2.45, 2.75) is 196 Å². The Bertz CT molecular complexity index is 1970. The highest BCUT2D eigenvalue weighted by Gasteiger charge is 2.43. The van der Waals surface area contributed by atoms with Gasteiger partial charge in [0.15, 0.2) is 0 Å². The Hall–Kier alpha value is -2.08. The van der Waals surface area contributed by atoms with Crippen LogP contribution in [0.5, 0.6) is 0 Å². The number of fused-ring (bicyclic) bond motifs is 2. The van der Waals surface area contributed by atoms with Crippen LogP contribution in [0.2, 0.25) is 0 Å². The van der Waals surface area contributed by atoms with Gasteiger partial charge in [-0.15, -0.1) is 23.5 Å². The van der Waals surface area contributed by atoms with Crippen LogP contribution in [0.15, 0.2) is 88.7 Å². The molecule has 7 rings (SSSR count). The molecule has 4 aliphatic rings. The summed E-state index contributed by atoms with van der Waals surface area (Å²) in [6.45, 7) is 19.4. The molecule has 13 heteroatoms. The second-order valence-corrected chi connectivity index (χ2v) is 25.5. The van der Waals surface area contributed by atoms with Crippen LogP contribution in [0.1, 0.15) is 129 Å². The lowest BCUT2D eigenvalue weighted by Gasteiger charge is -2.49. The van der Waals surface area contributed by atoms with E-state index >= 15 is 0 Å². The van der Waals surface area contributed by atoms with E-state index in [9.17, 15) is 25.5 Å². The number of aliphatic hydroxyl groups is 5. The molecule has 3 aromatic rings. The Morgan fingerprint density at radius 1 is 0.586 bits per heavy atom. The molecular formula is C57H92N6O5S2. The summed E-state index contributed by atoms with van der Waals surface area (Å²) in [5.74, 6) is 3.91. The Kier molecular flexibility index (Phi) is 22.0. The van der Waals surface area contributed by atoms with Gasteiger partial charge in [0.1, 0.15) is 18.7 Å². The van der Waals surface area contributed by atoms with E-state index in [1.54, 1.807) is 23.5 Å². The number of likely N-dealkylation sites (tertiary alicyclic amines) is 2. The van der Waals surface area contributed by atoms with Gasteiger partial charge in [0.2, 0.25) is 0 Å². The summed E-state index contributed by atoms with van der Waals surface area (Å²) in [5, 5.41) is 66.4. The predicted molar refractivity (Wildman–Crippen MR) is 291 cm³/mol. The number of aliphatic hydroxyl groups excluding tert-OH is 5. The number of piperidine rings is 2. The van der Waals surface area contributed by atoms with Crippen LogP contribution in [-0.2, 0) is 0 Å². The van der Waals surface area contributed by atoms with Gasteiger partial charge in [-0.25, -0.2) is 0 Å². The van der Waals surface area contributed by atoms with Gasteiger partial charge in [0.05, 0.1) is 12.2 Å². The SMILES string of the molecule is CC(C)(C)N[C@H](O)[C@@H]1C[C@@H]2CCCC[C@@H]2CN1C[C@@H](O)[C@@H](N)CSc1ccccc1.Cc1cccc([C@@H](O)N[C@@H](CSc2ccccc2)[C@H](O)CN2C[C@H]3CCCC[C@H]3C[C@H]2[C@@H](O)NC(C)(C)C)c1C. The maximum Gasteiger partial charge on any atom is 0.131 e. The molecule has 0 unspecified atom stereocenters. The summed E-state index contributed by atoms with van der Waals surface area (Å²) in [6.07, 6.45) is 8.62. The number of hydrogen-bond donors (Lipinski definition) is 9. The summed E-state index contributed by atoms with van der Waals surface area (Å²) in [7, 11) is 0. The molecular weight excluding hydrogens is 913 g/mol. The van der Waals surface area contributed by atoms with Crippen LogP contribution in [0.4, 0.5) is 0 Å². The summed E-state index contributed by atoms with van der Waals surface area (Å²) < 4.78 is 0. The van der Waals surface area contributed by atoms with E-state index < -0.39 is 30.9 Å². The van der Waals surface area contributed by atoms with Crippen molar-refractivity contribution in [3.8, 4) is 0 Å². The molecule has 2 aliphatic carbocycles. The van der Waals surface area contributed by atoms with Crippen molar-refractivity contribution in [2.75, 3.05) is 37.7 Å². The van der Waals surface area contributed by atoms with Gasteiger partial charge in [0, 0.05) is 82.7 Å². The van der Waals surface area contributed by atoms with E-state index in [1.165, 1.54) is 56.3 Å². The topological polar surface area (TPSA) is 170 Å². The number of nitrogens with zero attached hydrogens (tertiary/aromatic N) is 2. The van der Waals surface area contributed by atoms with Crippen molar-refractivity contribution in [3.05, 3.63) is 95.6 Å². The Morgan fingerprint density at radius 2 is 1.03 bits per heavy atom. The molecule has 0 bridgehead atoms. The Balaban J connectivity index is 0.000000239. The first-order chi connectivity index (χ1) is 33.2. The zero-order valence-corrected chi connectivity index (χ0v) is 45.5. The highest BCUT2D eigenvalue weighted by Crippen LogP contribution is 2.41. The molecule has 2 saturated heterocycles. The summed E-state index contributed by atoms with van der Waals surface area (Å²) in [6, 6.07) is 25.7. The molecule has 4 fully saturated rings. The zero-order chi connectivity index (χ0) is 50.6. The van der Waals surface area contributed by atoms with Crippen molar-refractivity contribution >= 4 is 23.5 Å². The van der Waals surface area contributed by atoms with Gasteiger partial charge < -0.3 is 31.3 Å². The van der Waals surface area contributed by atoms with Gasteiger partial charge in [-0.05, 0) is 146 Å². The fourth-order valence-corrected chi connectivity index (χ4v) is 13.5. The smallest absolute Gasteiger partial charge is 0.131 e. The number of rotatable bonds is 19. The van der Waals surface area contributed by atoms with Crippen molar-refractivity contribution in [2.24, 2.45) is 29.4 Å². The van der Waals surface area contributed by atoms with Crippen LogP contribution in [-0.4, -0.2) is 133 Å². The van der Waals surface area contributed by atoms with Crippen LogP contribution in [0.25, 0.3) is 0 Å². The molecule has 0 spiro atoms. The second kappa shape index (κ2) is 26.9. The number of thioether (sulfide) groups is 2. The highest BCUT2D eigenvalue weighted by molar-refractivity contribution is 7.99. The van der Waals surface area contributed by atoms with E-state index in [0.29, 0.717) is 48.3 Å². The van der Waals surface area contributed by atoms with Crippen molar-refractivity contribution in [1.82, 2.24) is 25.8 Å². The fourth-order valence-electron chi connectivity index (χ4n) is 11.5. The Labute approximate surface area is 430 Å². The number of benzene rings is 3. The van der Waals surface area contributed by atoms with Crippen molar-refractivity contribution in [3.63, 3.8) is 0 Å². The lowest BCUT2D eigenvalue weighted by Crippen LogP contribution is -2.62. The molecule has 2 aliphatic heterocycles. The van der Waals surface area contributed by atoms with Crippen LogP contribution < -0.4 is 21.7 Å². The Morgan fingerprint density at radius 3 is 1.50 bits per heavy atom. The van der Waals surface area contributed by atoms with E-state index in [-0.39, 0.29) is 35.2 Å². The molecule has 0 aromatic heterocycles. The summed E-state index contributed by atoms with van der Waals surface area (Å²) >= 11 is 3.37. The highest BCUT2D eigenvalue weighted by atomic mass is 32.2. The molecule has 13 atom stereocenters. The average Bonchev–Trinajstić information content (AvgIpc) is 3.32. The number of β-amino-alcohol motifs (C(OH)–C–C–N with tert-alkyl or cyclic N) is 2. The van der Waals surface area contributed by atoms with Gasteiger partial charge in [-0.2, -0.15) is 0 Å². The lowest BCUT2D eigenvalue weighted by atomic mass is 9.72. The molecule has 0 amide bonds. The number of hydrogen-bond acceptors (Lipinski definition) is 13. The number of nitrogens with two attached hydrogens (primary N) is 1. The van der Waals surface area contributed by atoms with E-state index in [2.05, 4.69) is 105 Å². The molecule has 11 nitrogen and oxygen atoms in total. The van der Waals surface area contributed by atoms with E-state index in [1.807, 2.05) is 55.5 Å². The predicted octanol–water partition coefficient (Wildman–Crippen LogP) is 8.05. The molecule has 2 heterocycles. The largest absolute Gasteiger partial charge is 0.390 e. The standard InChI is InChI=1S/C33H51N3O3S.C24H41N3O2S/c1-22-12-11-17-27(23(22)2)31(38)34-28(21-40-26-15-7-6-8-16-26)30(37)20-36-19-25-14-10-9-13-24(25)18-29(36)32(39)35-33(3,4)5;1-24(2,3)26-23(29)21-13-17-9-7-8-10-18(17)14-27(21)15-22(28)20(25)16-30-19-11-5-4-6-12-19/h6-8,11-12,15-17,24-25,28-32,34-35,37-39H,9-10,13-14,18-21H2,1-5H3;4-6,11-12,17-18,20-23,26,28-29H,7-10,13-16,25H2,1-3H3/t24-,25+,28-,29-,30+,31+,32+;17-,18+,20-,21-,22+,23+/m00/s1. The minimum absolute atomic E-state index is 0.0206. The summed E-state index contributed by atoms with van der Waals surface area (Å²) in [4.78, 5) is 6.94. The third-order valence-electron chi connectivity index (χ3n) is 15.5. The van der Waals surface area contributed by atoms with E-state index in [4.69, 9.17) is 5.73 Å². The molecule has 2 saturated carbocycles.